The van der Waals surface area contributed by atoms with Crippen molar-refractivity contribution in [3.8, 4) is 0 Å². The first-order valence-electron chi connectivity index (χ1n) is 9.02. The van der Waals surface area contributed by atoms with E-state index in [0.717, 1.165) is 53.9 Å². The van der Waals surface area contributed by atoms with Crippen molar-refractivity contribution in [3.63, 3.8) is 0 Å². The van der Waals surface area contributed by atoms with E-state index in [-0.39, 0.29) is 5.91 Å². The molecule has 6 heteroatoms. The van der Waals surface area contributed by atoms with Crippen LogP contribution in [0.3, 0.4) is 0 Å². The molecule has 26 heavy (non-hydrogen) atoms. The van der Waals surface area contributed by atoms with Crippen molar-refractivity contribution < 1.29 is 4.79 Å². The Morgan fingerprint density at radius 3 is 2.65 bits per heavy atom. The van der Waals surface area contributed by atoms with Crippen LogP contribution < -0.4 is 5.32 Å². The van der Waals surface area contributed by atoms with Gasteiger partial charge in [0.05, 0.1) is 5.69 Å². The predicted molar refractivity (Wildman–Crippen MR) is 102 cm³/mol. The van der Waals surface area contributed by atoms with Gasteiger partial charge >= 0.3 is 0 Å². The molecule has 1 aliphatic rings. The zero-order valence-corrected chi connectivity index (χ0v) is 15.1. The molecule has 6 nitrogen and oxygen atoms in total. The van der Waals surface area contributed by atoms with Gasteiger partial charge in [-0.2, -0.15) is 5.10 Å². The molecule has 1 fully saturated rings. The summed E-state index contributed by atoms with van der Waals surface area (Å²) in [6.45, 7) is 3.42. The molecule has 2 aromatic heterocycles. The zero-order valence-electron chi connectivity index (χ0n) is 15.1. The lowest BCUT2D eigenvalue weighted by Gasteiger charge is -2.32. The van der Waals surface area contributed by atoms with Crippen LogP contribution in [0.5, 0.6) is 0 Å². The van der Waals surface area contributed by atoms with Crippen LogP contribution in [0.2, 0.25) is 0 Å². The highest BCUT2D eigenvalue weighted by Crippen LogP contribution is 2.23. The van der Waals surface area contributed by atoms with Crippen LogP contribution in [0.15, 0.2) is 42.6 Å². The number of aromatic nitrogens is 3. The summed E-state index contributed by atoms with van der Waals surface area (Å²) in [5, 5.41) is 12.7. The number of nitrogens with one attached hydrogen (secondary N) is 1. The van der Waals surface area contributed by atoms with Gasteiger partial charge in [-0.15, -0.1) is 5.10 Å². The van der Waals surface area contributed by atoms with E-state index in [9.17, 15) is 4.79 Å². The molecule has 0 radical (unpaired) electrons. The van der Waals surface area contributed by atoms with Gasteiger partial charge < -0.3 is 14.8 Å². The van der Waals surface area contributed by atoms with Crippen LogP contribution in [0.4, 0.5) is 5.82 Å². The molecule has 0 unspecified atom stereocenters. The number of aryl methyl sites for hydroxylation is 2. The molecule has 1 aromatic carbocycles. The molecule has 1 amide bonds. The molecule has 3 heterocycles. The molecular formula is C20H23N5O. The Bertz CT molecular complexity index is 923. The van der Waals surface area contributed by atoms with Crippen LogP contribution in [0, 0.1) is 6.92 Å². The Morgan fingerprint density at radius 2 is 1.92 bits per heavy atom. The van der Waals surface area contributed by atoms with Crippen LogP contribution >= 0.6 is 0 Å². The van der Waals surface area contributed by atoms with Crippen molar-refractivity contribution in [2.24, 2.45) is 7.05 Å². The lowest BCUT2D eigenvalue weighted by molar-refractivity contribution is 0.0720. The minimum atomic E-state index is 0.121. The molecule has 1 N–H and O–H groups in total. The molecular weight excluding hydrogens is 326 g/mol. The average Bonchev–Trinajstić information content (AvgIpc) is 3.05. The quantitative estimate of drug-likeness (QED) is 0.790. The number of carbonyl (C=O) groups is 1. The topological polar surface area (TPSA) is 63.1 Å². The van der Waals surface area contributed by atoms with Gasteiger partial charge in [0.1, 0.15) is 5.82 Å². The maximum atomic E-state index is 13.0. The summed E-state index contributed by atoms with van der Waals surface area (Å²) in [5.74, 6) is 0.921. The van der Waals surface area contributed by atoms with Crippen molar-refractivity contribution in [3.05, 3.63) is 53.9 Å². The van der Waals surface area contributed by atoms with Crippen LogP contribution in [-0.2, 0) is 7.05 Å². The Labute approximate surface area is 152 Å². The van der Waals surface area contributed by atoms with E-state index in [1.54, 1.807) is 0 Å². The Kier molecular flexibility index (Phi) is 4.32. The van der Waals surface area contributed by atoms with Gasteiger partial charge in [0.25, 0.3) is 5.91 Å². The van der Waals surface area contributed by atoms with Crippen molar-refractivity contribution in [2.75, 3.05) is 18.4 Å². The van der Waals surface area contributed by atoms with Crippen LogP contribution in [0.1, 0.15) is 28.9 Å². The number of hydrogen-bond donors (Lipinski definition) is 1. The number of fused-ring (bicyclic) bond motifs is 1. The van der Waals surface area contributed by atoms with E-state index >= 15 is 0 Å². The summed E-state index contributed by atoms with van der Waals surface area (Å²) in [5.41, 5.74) is 2.79. The Morgan fingerprint density at radius 1 is 1.12 bits per heavy atom. The molecule has 0 saturated carbocycles. The monoisotopic (exact) mass is 349 g/mol. The van der Waals surface area contributed by atoms with Crippen LogP contribution in [0.25, 0.3) is 10.9 Å². The van der Waals surface area contributed by atoms with Gasteiger partial charge in [-0.25, -0.2) is 0 Å². The molecule has 1 aliphatic heterocycles. The third-order valence-corrected chi connectivity index (χ3v) is 5.09. The van der Waals surface area contributed by atoms with E-state index in [1.165, 1.54) is 0 Å². The molecule has 134 valence electrons. The second-order valence-electron chi connectivity index (χ2n) is 6.94. The van der Waals surface area contributed by atoms with Crippen molar-refractivity contribution in [2.45, 2.75) is 25.8 Å². The summed E-state index contributed by atoms with van der Waals surface area (Å²) in [6, 6.07) is 12.2. The minimum Gasteiger partial charge on any atom is -0.366 e. The van der Waals surface area contributed by atoms with E-state index in [1.807, 2.05) is 66.0 Å². The largest absolute Gasteiger partial charge is 0.366 e. The third-order valence-electron chi connectivity index (χ3n) is 5.09. The number of nitrogens with zero attached hydrogens (tertiary/aromatic N) is 4. The normalized spacial score (nSPS) is 15.4. The SMILES string of the molecule is Cc1ccc(NC2CCN(C(=O)c3cccc4c3ccn4C)CC2)nn1. The molecule has 0 spiro atoms. The van der Waals surface area contributed by atoms with Crippen molar-refractivity contribution in [1.29, 1.82) is 0 Å². The molecule has 0 aliphatic carbocycles. The zero-order chi connectivity index (χ0) is 18.1. The second kappa shape index (κ2) is 6.78. The summed E-state index contributed by atoms with van der Waals surface area (Å²) >= 11 is 0. The summed E-state index contributed by atoms with van der Waals surface area (Å²) < 4.78 is 2.05. The second-order valence-corrected chi connectivity index (χ2v) is 6.94. The fraction of sp³-hybridized carbons (Fsp3) is 0.350. The maximum absolute atomic E-state index is 13.0. The number of likely N-dealkylation sites (tertiary alicyclic amines) is 1. The molecule has 0 bridgehead atoms. The number of hydrogen-bond acceptors (Lipinski definition) is 4. The molecule has 3 aromatic rings. The van der Waals surface area contributed by atoms with Crippen LogP contribution in [-0.4, -0.2) is 44.7 Å². The number of rotatable bonds is 3. The fourth-order valence-electron chi connectivity index (χ4n) is 3.57. The fourth-order valence-corrected chi connectivity index (χ4v) is 3.57. The molecule has 4 rings (SSSR count). The number of benzene rings is 1. The number of anilines is 1. The van der Waals surface area contributed by atoms with Gasteiger partial charge in [-0.1, -0.05) is 6.07 Å². The van der Waals surface area contributed by atoms with Crippen molar-refractivity contribution in [1.82, 2.24) is 19.7 Å². The van der Waals surface area contributed by atoms with Gasteiger partial charge in [0.15, 0.2) is 0 Å². The third kappa shape index (κ3) is 3.14. The average molecular weight is 349 g/mol. The first-order chi connectivity index (χ1) is 12.6. The minimum absolute atomic E-state index is 0.121. The number of carbonyl (C=O) groups excluding carboxylic acids is 1. The molecule has 1 saturated heterocycles. The predicted octanol–water partition coefficient (Wildman–Crippen LogP) is 2.99. The summed E-state index contributed by atoms with van der Waals surface area (Å²) in [6.07, 6.45) is 3.82. The Balaban J connectivity index is 1.42. The molecule has 0 atom stereocenters. The van der Waals surface area contributed by atoms with Crippen molar-refractivity contribution >= 4 is 22.6 Å². The van der Waals surface area contributed by atoms with E-state index in [0.29, 0.717) is 6.04 Å². The summed E-state index contributed by atoms with van der Waals surface area (Å²) in [7, 11) is 2.00. The lowest BCUT2D eigenvalue weighted by Crippen LogP contribution is -2.42. The van der Waals surface area contributed by atoms with Gasteiger partial charge in [-0.3, -0.25) is 4.79 Å². The van der Waals surface area contributed by atoms with Gasteiger partial charge in [0, 0.05) is 48.8 Å². The van der Waals surface area contributed by atoms with E-state index in [2.05, 4.69) is 15.5 Å². The Hall–Kier alpha value is -2.89. The first-order valence-corrected chi connectivity index (χ1v) is 9.02. The van der Waals surface area contributed by atoms with Gasteiger partial charge in [-0.05, 0) is 50.1 Å². The first kappa shape index (κ1) is 16.6. The summed E-state index contributed by atoms with van der Waals surface area (Å²) in [4.78, 5) is 15.0. The highest BCUT2D eigenvalue weighted by atomic mass is 16.2. The smallest absolute Gasteiger partial charge is 0.254 e. The van der Waals surface area contributed by atoms with E-state index in [4.69, 9.17) is 0 Å². The van der Waals surface area contributed by atoms with E-state index < -0.39 is 0 Å². The van der Waals surface area contributed by atoms with Gasteiger partial charge in [0.2, 0.25) is 0 Å². The number of amides is 1. The lowest BCUT2D eigenvalue weighted by atomic mass is 10.0. The highest BCUT2D eigenvalue weighted by molar-refractivity contribution is 6.06. The highest BCUT2D eigenvalue weighted by Gasteiger charge is 2.25. The maximum Gasteiger partial charge on any atom is 0.254 e. The number of piperidine rings is 1. The standard InChI is InChI=1S/C20H23N5O/c1-14-6-7-19(23-22-14)21-15-8-12-25(13-9-15)20(26)17-4-3-5-18-16(17)10-11-24(18)2/h3-7,10-11,15H,8-9,12-13H2,1-2H3,(H,21,23).